The minimum absolute atomic E-state index is 0.0310. The van der Waals surface area contributed by atoms with Crippen molar-refractivity contribution < 1.29 is 43.8 Å². The molecule has 0 aliphatic carbocycles. The lowest BCUT2D eigenvalue weighted by Gasteiger charge is -2.24. The topological polar surface area (TPSA) is 338 Å². The molecule has 0 aliphatic rings. The van der Waals surface area contributed by atoms with Gasteiger partial charge in [0.05, 0.1) is 18.9 Å². The molecule has 18 nitrogen and oxygen atoms in total. The zero-order valence-electron chi connectivity index (χ0n) is 19.8. The Balaban J connectivity index is 5.69. The van der Waals surface area contributed by atoms with Crippen LogP contribution in [0.25, 0.3) is 0 Å². The molecule has 15 N–H and O–H groups in total. The van der Waals surface area contributed by atoms with Gasteiger partial charge >= 0.3 is 11.9 Å². The summed E-state index contributed by atoms with van der Waals surface area (Å²) in [5, 5.41) is 24.9. The molecule has 0 aliphatic heterocycles. The Bertz CT molecular complexity index is 905. The van der Waals surface area contributed by atoms with Gasteiger partial charge in [-0.3, -0.25) is 33.8 Å². The van der Waals surface area contributed by atoms with E-state index in [1.54, 1.807) is 0 Å². The predicted octanol–water partition coefficient (Wildman–Crippen LogP) is -5.48. The van der Waals surface area contributed by atoms with Crippen LogP contribution in [-0.4, -0.2) is 88.4 Å². The molecule has 208 valence electrons. The first kappa shape index (κ1) is 32.5. The van der Waals surface area contributed by atoms with Crippen LogP contribution in [0.5, 0.6) is 0 Å². The molecule has 4 unspecified atom stereocenters. The van der Waals surface area contributed by atoms with Gasteiger partial charge < -0.3 is 54.8 Å². The first-order chi connectivity index (χ1) is 17.1. The molecule has 0 saturated carbocycles. The number of carbonyl (C=O) groups is 7. The number of hydrogen-bond acceptors (Lipinski definition) is 9. The number of nitrogens with two attached hydrogens (primary N) is 5. The zero-order valence-corrected chi connectivity index (χ0v) is 19.8. The lowest BCUT2D eigenvalue weighted by atomic mass is 10.1. The number of carboxylic acids is 2. The van der Waals surface area contributed by atoms with E-state index in [1.807, 2.05) is 0 Å². The Morgan fingerprint density at radius 3 is 1.73 bits per heavy atom. The molecule has 0 aromatic rings. The molecule has 0 rings (SSSR count). The maximum Gasteiger partial charge on any atom is 0.326 e. The van der Waals surface area contributed by atoms with Crippen LogP contribution in [0.1, 0.15) is 38.5 Å². The molecule has 0 aromatic carbocycles. The van der Waals surface area contributed by atoms with E-state index in [1.165, 1.54) is 0 Å². The highest BCUT2D eigenvalue weighted by Crippen LogP contribution is 2.05. The van der Waals surface area contributed by atoms with Crippen molar-refractivity contribution in [1.82, 2.24) is 16.0 Å². The van der Waals surface area contributed by atoms with E-state index in [2.05, 4.69) is 20.9 Å². The van der Waals surface area contributed by atoms with Crippen molar-refractivity contribution in [3.8, 4) is 0 Å². The van der Waals surface area contributed by atoms with Crippen LogP contribution in [0.2, 0.25) is 0 Å². The fraction of sp³-hybridized carbons (Fsp3) is 0.579. The summed E-state index contributed by atoms with van der Waals surface area (Å²) in [4.78, 5) is 86.2. The molecule has 37 heavy (non-hydrogen) atoms. The summed E-state index contributed by atoms with van der Waals surface area (Å²) >= 11 is 0. The van der Waals surface area contributed by atoms with E-state index in [4.69, 9.17) is 33.8 Å². The number of guanidine groups is 1. The standard InChI is InChI=1S/C19H33N9O9/c20-8(6-13(22)30)15(33)28-11(7-14(31)32)17(35)26-9(2-1-5-25-19(23)24)16(34)27-10(18(36)37)3-4-12(21)29/h8-11H,1-7,20H2,(H2,21,29)(H2,22,30)(H,26,35)(H,27,34)(H,28,33)(H,31,32)(H,36,37)(H4,23,24,25). The first-order valence-corrected chi connectivity index (χ1v) is 10.9. The predicted molar refractivity (Wildman–Crippen MR) is 126 cm³/mol. The second-order valence-corrected chi connectivity index (χ2v) is 7.85. The lowest BCUT2D eigenvalue weighted by molar-refractivity contribution is -0.143. The van der Waals surface area contributed by atoms with Crippen molar-refractivity contribution in [2.75, 3.05) is 6.54 Å². The van der Waals surface area contributed by atoms with E-state index in [-0.39, 0.29) is 38.2 Å². The highest BCUT2D eigenvalue weighted by molar-refractivity contribution is 5.96. The summed E-state index contributed by atoms with van der Waals surface area (Å²) in [6.45, 7) is 0.0310. The van der Waals surface area contributed by atoms with Gasteiger partial charge in [0.25, 0.3) is 0 Å². The Hall–Kier alpha value is -4.48. The third kappa shape index (κ3) is 14.5. The summed E-state index contributed by atoms with van der Waals surface area (Å²) in [6, 6.07) is -6.15. The van der Waals surface area contributed by atoms with Gasteiger partial charge in [0.1, 0.15) is 18.1 Å². The number of hydrogen-bond donors (Lipinski definition) is 10. The van der Waals surface area contributed by atoms with Gasteiger partial charge in [0.2, 0.25) is 29.5 Å². The van der Waals surface area contributed by atoms with Crippen molar-refractivity contribution in [2.24, 2.45) is 33.7 Å². The molecular formula is C19H33N9O9. The highest BCUT2D eigenvalue weighted by Gasteiger charge is 2.31. The Morgan fingerprint density at radius 1 is 0.703 bits per heavy atom. The highest BCUT2D eigenvalue weighted by atomic mass is 16.4. The van der Waals surface area contributed by atoms with Crippen LogP contribution in [0.4, 0.5) is 0 Å². The third-order valence-corrected chi connectivity index (χ3v) is 4.64. The molecule has 0 fully saturated rings. The SMILES string of the molecule is NC(=O)CCC(NC(=O)C(CCCN=C(N)N)NC(=O)C(CC(=O)O)NC(=O)C(N)CC(N)=O)C(=O)O. The van der Waals surface area contributed by atoms with Crippen LogP contribution >= 0.6 is 0 Å². The summed E-state index contributed by atoms with van der Waals surface area (Å²) in [5.41, 5.74) is 26.0. The van der Waals surface area contributed by atoms with E-state index >= 15 is 0 Å². The number of carbonyl (C=O) groups excluding carboxylic acids is 5. The normalized spacial score (nSPS) is 13.6. The summed E-state index contributed by atoms with van der Waals surface area (Å²) in [6.07, 6.45) is -2.19. The average Bonchev–Trinajstić information content (AvgIpc) is 2.76. The van der Waals surface area contributed by atoms with Crippen LogP contribution < -0.4 is 44.6 Å². The molecule has 18 heteroatoms. The minimum atomic E-state index is -1.72. The van der Waals surface area contributed by atoms with Crippen LogP contribution in [0.3, 0.4) is 0 Å². The number of nitrogens with zero attached hydrogens (tertiary/aromatic N) is 1. The molecule has 0 saturated heterocycles. The monoisotopic (exact) mass is 531 g/mol. The number of amides is 5. The maximum absolute atomic E-state index is 12.8. The third-order valence-electron chi connectivity index (χ3n) is 4.64. The Kier molecular flexibility index (Phi) is 14.3. The molecule has 0 radical (unpaired) electrons. The van der Waals surface area contributed by atoms with Crippen molar-refractivity contribution in [1.29, 1.82) is 0 Å². The number of aliphatic carboxylic acids is 2. The summed E-state index contributed by atoms with van der Waals surface area (Å²) in [7, 11) is 0. The van der Waals surface area contributed by atoms with Gasteiger partial charge in [-0.25, -0.2) is 4.79 Å². The van der Waals surface area contributed by atoms with Gasteiger partial charge in [-0.1, -0.05) is 0 Å². The second kappa shape index (κ2) is 16.2. The van der Waals surface area contributed by atoms with Gasteiger partial charge in [-0.15, -0.1) is 0 Å². The van der Waals surface area contributed by atoms with Gasteiger partial charge in [0, 0.05) is 13.0 Å². The van der Waals surface area contributed by atoms with Gasteiger partial charge in [0.15, 0.2) is 5.96 Å². The zero-order chi connectivity index (χ0) is 28.7. The number of rotatable bonds is 18. The number of carboxylic acid groups (broad SMARTS) is 2. The first-order valence-electron chi connectivity index (χ1n) is 10.9. The van der Waals surface area contributed by atoms with Gasteiger partial charge in [-0.05, 0) is 19.3 Å². The number of aliphatic imine (C=N–C) groups is 1. The quantitative estimate of drug-likeness (QED) is 0.0449. The second-order valence-electron chi connectivity index (χ2n) is 7.85. The van der Waals surface area contributed by atoms with Crippen LogP contribution in [0, 0.1) is 0 Å². The molecule has 0 spiro atoms. The summed E-state index contributed by atoms with van der Waals surface area (Å²) in [5.74, 6) is -8.07. The van der Waals surface area contributed by atoms with Crippen LogP contribution in [-0.2, 0) is 33.6 Å². The molecule has 4 atom stereocenters. The minimum Gasteiger partial charge on any atom is -0.481 e. The number of primary amides is 2. The smallest absolute Gasteiger partial charge is 0.326 e. The summed E-state index contributed by atoms with van der Waals surface area (Å²) < 4.78 is 0. The average molecular weight is 532 g/mol. The van der Waals surface area contributed by atoms with E-state index in [0.717, 1.165) is 0 Å². The molecular weight excluding hydrogens is 498 g/mol. The fourth-order valence-corrected chi connectivity index (χ4v) is 2.83. The molecule has 0 aromatic heterocycles. The fourth-order valence-electron chi connectivity index (χ4n) is 2.83. The van der Waals surface area contributed by atoms with Crippen LogP contribution in [0.15, 0.2) is 4.99 Å². The van der Waals surface area contributed by atoms with Gasteiger partial charge in [-0.2, -0.15) is 0 Å². The molecule has 0 heterocycles. The Labute approximate surface area is 210 Å². The molecule has 0 bridgehead atoms. The van der Waals surface area contributed by atoms with Crippen molar-refractivity contribution in [2.45, 2.75) is 62.7 Å². The lowest BCUT2D eigenvalue weighted by Crippen LogP contribution is -2.57. The Morgan fingerprint density at radius 2 is 1.24 bits per heavy atom. The largest absolute Gasteiger partial charge is 0.481 e. The van der Waals surface area contributed by atoms with Crippen molar-refractivity contribution in [3.05, 3.63) is 0 Å². The van der Waals surface area contributed by atoms with E-state index in [0.29, 0.717) is 0 Å². The maximum atomic E-state index is 12.8. The van der Waals surface area contributed by atoms with E-state index < -0.39 is 78.5 Å². The molecule has 5 amide bonds. The van der Waals surface area contributed by atoms with Crippen molar-refractivity contribution in [3.63, 3.8) is 0 Å². The van der Waals surface area contributed by atoms with Crippen molar-refractivity contribution >= 4 is 47.4 Å². The number of nitrogens with one attached hydrogen (secondary N) is 3. The van der Waals surface area contributed by atoms with E-state index in [9.17, 15) is 38.7 Å².